The number of rotatable bonds is 6. The summed E-state index contributed by atoms with van der Waals surface area (Å²) in [6, 6.07) is 9.23. The van der Waals surface area contributed by atoms with Crippen LogP contribution < -0.4 is 0 Å². The van der Waals surface area contributed by atoms with Crippen LogP contribution in [0.25, 0.3) is 6.08 Å². The Bertz CT molecular complexity index is 970. The summed E-state index contributed by atoms with van der Waals surface area (Å²) < 4.78 is 23.2. The third kappa shape index (κ3) is 5.36. The van der Waals surface area contributed by atoms with Crippen molar-refractivity contribution in [2.24, 2.45) is 0 Å². The maximum Gasteiger partial charge on any atom is 0.293 e. The second-order valence-corrected chi connectivity index (χ2v) is 10.2. The number of nitrogens with zero attached hydrogens (tertiary/aromatic N) is 2. The largest absolute Gasteiger partial charge is 0.342 e. The molecule has 7 nitrogen and oxygen atoms in total. The zero-order chi connectivity index (χ0) is 21.0. The van der Waals surface area contributed by atoms with Gasteiger partial charge in [0.1, 0.15) is 0 Å². The van der Waals surface area contributed by atoms with Crippen LogP contribution in [0.1, 0.15) is 18.4 Å². The summed E-state index contributed by atoms with van der Waals surface area (Å²) in [6.45, 7) is -0.0208. The Kier molecular flexibility index (Phi) is 6.59. The molecule has 1 unspecified atom stereocenters. The first-order valence-corrected chi connectivity index (χ1v) is 11.8. The lowest BCUT2D eigenvalue weighted by Crippen LogP contribution is -2.40. The van der Waals surface area contributed by atoms with E-state index in [0.717, 1.165) is 22.2 Å². The molecule has 0 spiro atoms. The molecule has 0 aromatic heterocycles. The third-order valence-electron chi connectivity index (χ3n) is 4.91. The number of carbonyl (C=O) groups is 3. The van der Waals surface area contributed by atoms with Crippen molar-refractivity contribution in [3.05, 3.63) is 53.0 Å². The van der Waals surface area contributed by atoms with Crippen molar-refractivity contribution in [1.29, 1.82) is 0 Å². The standard InChI is InChI=1S/C20H22N2O5S2/c1-21(16-11-13-29(26,27)14-16)18(23)10-12-22-19(24)17(28-20(22)25)9-5-8-15-6-3-2-4-7-15/h2-9,16H,10-14H2,1H3/b8-5+,17-9-. The molecular weight excluding hydrogens is 412 g/mol. The Balaban J connectivity index is 1.55. The van der Waals surface area contributed by atoms with Crippen molar-refractivity contribution < 1.29 is 22.8 Å². The Morgan fingerprint density at radius 1 is 1.28 bits per heavy atom. The van der Waals surface area contributed by atoms with E-state index < -0.39 is 21.0 Å². The quantitative estimate of drug-likeness (QED) is 0.638. The molecule has 29 heavy (non-hydrogen) atoms. The summed E-state index contributed by atoms with van der Waals surface area (Å²) in [5, 5.41) is -0.409. The number of benzene rings is 1. The summed E-state index contributed by atoms with van der Waals surface area (Å²) in [4.78, 5) is 39.8. The summed E-state index contributed by atoms with van der Waals surface area (Å²) in [6.07, 6.45) is 5.53. The molecule has 2 aliphatic rings. The number of carbonyl (C=O) groups excluding carboxylic acids is 3. The van der Waals surface area contributed by atoms with Crippen molar-refractivity contribution in [3.63, 3.8) is 0 Å². The highest BCUT2D eigenvalue weighted by Gasteiger charge is 2.36. The van der Waals surface area contributed by atoms with Crippen molar-refractivity contribution >= 4 is 44.7 Å². The number of sulfone groups is 1. The Hall–Kier alpha value is -2.39. The zero-order valence-corrected chi connectivity index (χ0v) is 17.6. The number of thioether (sulfide) groups is 1. The minimum Gasteiger partial charge on any atom is -0.342 e. The molecule has 3 rings (SSSR count). The van der Waals surface area contributed by atoms with E-state index in [1.807, 2.05) is 36.4 Å². The van der Waals surface area contributed by atoms with Gasteiger partial charge in [-0.05, 0) is 29.8 Å². The monoisotopic (exact) mass is 434 g/mol. The molecule has 0 saturated carbocycles. The van der Waals surface area contributed by atoms with Gasteiger partial charge in [0, 0.05) is 26.1 Å². The zero-order valence-electron chi connectivity index (χ0n) is 16.0. The highest BCUT2D eigenvalue weighted by molar-refractivity contribution is 8.18. The van der Waals surface area contributed by atoms with Crippen LogP contribution in [0.4, 0.5) is 4.79 Å². The van der Waals surface area contributed by atoms with Gasteiger partial charge in [-0.1, -0.05) is 42.5 Å². The maximum absolute atomic E-state index is 12.5. The van der Waals surface area contributed by atoms with E-state index in [4.69, 9.17) is 0 Å². The van der Waals surface area contributed by atoms with Gasteiger partial charge in [0.05, 0.1) is 16.4 Å². The number of hydrogen-bond donors (Lipinski definition) is 0. The van der Waals surface area contributed by atoms with E-state index in [0.29, 0.717) is 11.3 Å². The topological polar surface area (TPSA) is 91.8 Å². The first kappa shape index (κ1) is 21.3. The summed E-state index contributed by atoms with van der Waals surface area (Å²) >= 11 is 0.845. The summed E-state index contributed by atoms with van der Waals surface area (Å²) in [5.74, 6) is -0.650. The number of imide groups is 1. The highest BCUT2D eigenvalue weighted by atomic mass is 32.2. The van der Waals surface area contributed by atoms with Crippen LogP contribution in [0.5, 0.6) is 0 Å². The lowest BCUT2D eigenvalue weighted by molar-refractivity contribution is -0.132. The van der Waals surface area contributed by atoms with Crippen LogP contribution in [0.3, 0.4) is 0 Å². The predicted octanol–water partition coefficient (Wildman–Crippen LogP) is 2.31. The van der Waals surface area contributed by atoms with Gasteiger partial charge in [0.2, 0.25) is 5.91 Å². The molecule has 9 heteroatoms. The van der Waals surface area contributed by atoms with Crippen LogP contribution in [0, 0.1) is 0 Å². The Labute approximate surface area is 174 Å². The molecule has 0 radical (unpaired) electrons. The van der Waals surface area contributed by atoms with Gasteiger partial charge in [-0.3, -0.25) is 19.3 Å². The van der Waals surface area contributed by atoms with Gasteiger partial charge in [0.15, 0.2) is 9.84 Å². The van der Waals surface area contributed by atoms with Crippen molar-refractivity contribution in [2.75, 3.05) is 25.1 Å². The molecule has 0 aliphatic carbocycles. The predicted molar refractivity (Wildman–Crippen MR) is 113 cm³/mol. The summed E-state index contributed by atoms with van der Waals surface area (Å²) in [5.41, 5.74) is 0.977. The molecule has 154 valence electrons. The van der Waals surface area contributed by atoms with Gasteiger partial charge < -0.3 is 4.90 Å². The smallest absolute Gasteiger partial charge is 0.293 e. The van der Waals surface area contributed by atoms with Gasteiger partial charge >= 0.3 is 0 Å². The third-order valence-corrected chi connectivity index (χ3v) is 7.58. The fourth-order valence-electron chi connectivity index (χ4n) is 3.19. The van der Waals surface area contributed by atoms with E-state index in [1.54, 1.807) is 19.2 Å². The average molecular weight is 435 g/mol. The molecular formula is C20H22N2O5S2. The molecule has 0 bridgehead atoms. The van der Waals surface area contributed by atoms with Crippen LogP contribution in [0.15, 0.2) is 47.4 Å². The molecule has 2 fully saturated rings. The second-order valence-electron chi connectivity index (χ2n) is 6.94. The van der Waals surface area contributed by atoms with E-state index in [1.165, 1.54) is 4.90 Å². The van der Waals surface area contributed by atoms with E-state index in [9.17, 15) is 22.8 Å². The molecule has 1 atom stereocenters. The van der Waals surface area contributed by atoms with Gasteiger partial charge in [-0.15, -0.1) is 0 Å². The SMILES string of the molecule is CN(C(=O)CCN1C(=O)S/C(=C\C=C\c2ccccc2)C1=O)C1CCS(=O)(=O)C1. The van der Waals surface area contributed by atoms with Crippen LogP contribution in [0.2, 0.25) is 0 Å². The van der Waals surface area contributed by atoms with Crippen molar-refractivity contribution in [3.8, 4) is 0 Å². The molecule has 1 aromatic rings. The number of hydrogen-bond acceptors (Lipinski definition) is 6. The second kappa shape index (κ2) is 8.96. The Morgan fingerprint density at radius 3 is 2.66 bits per heavy atom. The number of amides is 3. The Morgan fingerprint density at radius 2 is 2.00 bits per heavy atom. The summed E-state index contributed by atoms with van der Waals surface area (Å²) in [7, 11) is -1.52. The van der Waals surface area contributed by atoms with Crippen LogP contribution in [-0.4, -0.2) is 66.4 Å². The van der Waals surface area contributed by atoms with Crippen LogP contribution in [-0.2, 0) is 19.4 Å². The minimum atomic E-state index is -3.09. The first-order chi connectivity index (χ1) is 13.8. The lowest BCUT2D eigenvalue weighted by atomic mass is 10.2. The molecule has 2 heterocycles. The highest BCUT2D eigenvalue weighted by Crippen LogP contribution is 2.31. The van der Waals surface area contributed by atoms with Gasteiger partial charge in [-0.25, -0.2) is 8.42 Å². The maximum atomic E-state index is 12.5. The molecule has 0 N–H and O–H groups in total. The van der Waals surface area contributed by atoms with E-state index in [2.05, 4.69) is 0 Å². The van der Waals surface area contributed by atoms with E-state index in [-0.39, 0.29) is 36.4 Å². The molecule has 2 aliphatic heterocycles. The van der Waals surface area contributed by atoms with Crippen molar-refractivity contribution in [1.82, 2.24) is 9.80 Å². The van der Waals surface area contributed by atoms with Gasteiger partial charge in [0.25, 0.3) is 11.1 Å². The average Bonchev–Trinajstić information content (AvgIpc) is 3.19. The van der Waals surface area contributed by atoms with Crippen molar-refractivity contribution in [2.45, 2.75) is 18.9 Å². The molecule has 1 aromatic carbocycles. The normalized spacial score (nSPS) is 22.7. The fourth-order valence-corrected chi connectivity index (χ4v) is 5.78. The first-order valence-electron chi connectivity index (χ1n) is 9.20. The fraction of sp³-hybridized carbons (Fsp3) is 0.350. The lowest BCUT2D eigenvalue weighted by Gasteiger charge is -2.24. The molecule has 3 amide bonds. The molecule has 2 saturated heterocycles. The van der Waals surface area contributed by atoms with Gasteiger partial charge in [-0.2, -0.15) is 0 Å². The van der Waals surface area contributed by atoms with E-state index >= 15 is 0 Å². The van der Waals surface area contributed by atoms with Crippen LogP contribution >= 0.6 is 11.8 Å². The number of allylic oxidation sites excluding steroid dienone is 2. The minimum absolute atomic E-state index is 0.0208.